The Labute approximate surface area is 170 Å². The molecule has 28 heavy (non-hydrogen) atoms. The lowest BCUT2D eigenvalue weighted by Crippen LogP contribution is -2.38. The van der Waals surface area contributed by atoms with Crippen molar-refractivity contribution in [1.82, 2.24) is 4.90 Å². The predicted octanol–water partition coefficient (Wildman–Crippen LogP) is 5.76. The minimum absolute atomic E-state index is 0.109. The minimum Gasteiger partial charge on any atom is -0.493 e. The van der Waals surface area contributed by atoms with E-state index in [1.807, 2.05) is 0 Å². The van der Waals surface area contributed by atoms with Crippen LogP contribution >= 0.6 is 0 Å². The van der Waals surface area contributed by atoms with Crippen molar-refractivity contribution in [2.45, 2.75) is 46.5 Å². The van der Waals surface area contributed by atoms with Crippen molar-refractivity contribution in [2.75, 3.05) is 26.2 Å². The number of ether oxygens (including phenoxy) is 1. The molecule has 0 unspecified atom stereocenters. The van der Waals surface area contributed by atoms with Gasteiger partial charge in [0, 0.05) is 12.0 Å². The lowest BCUT2D eigenvalue weighted by molar-refractivity contribution is 0.179. The molecule has 148 valence electrons. The van der Waals surface area contributed by atoms with Gasteiger partial charge in [-0.3, -0.25) is 4.90 Å². The van der Waals surface area contributed by atoms with Crippen LogP contribution in [0.3, 0.4) is 0 Å². The van der Waals surface area contributed by atoms with Gasteiger partial charge in [0.25, 0.3) is 0 Å². The summed E-state index contributed by atoms with van der Waals surface area (Å²) in [5.74, 6) is 1.01. The summed E-state index contributed by atoms with van der Waals surface area (Å²) >= 11 is 0. The van der Waals surface area contributed by atoms with E-state index >= 15 is 0 Å². The molecule has 2 aromatic carbocycles. The molecule has 1 aliphatic carbocycles. The fourth-order valence-electron chi connectivity index (χ4n) is 4.38. The molecule has 2 nitrogen and oxygen atoms in total. The fourth-order valence-corrected chi connectivity index (χ4v) is 4.38. The van der Waals surface area contributed by atoms with Crippen molar-refractivity contribution in [1.29, 1.82) is 0 Å². The van der Waals surface area contributed by atoms with Crippen molar-refractivity contribution in [2.24, 2.45) is 5.41 Å². The van der Waals surface area contributed by atoms with Crippen molar-refractivity contribution < 1.29 is 4.74 Å². The van der Waals surface area contributed by atoms with Crippen LogP contribution in [0.2, 0.25) is 0 Å². The Morgan fingerprint density at radius 1 is 1.00 bits per heavy atom. The second kappa shape index (κ2) is 8.13. The van der Waals surface area contributed by atoms with Crippen molar-refractivity contribution in [3.63, 3.8) is 0 Å². The van der Waals surface area contributed by atoms with E-state index in [2.05, 4.69) is 74.2 Å². The van der Waals surface area contributed by atoms with Crippen molar-refractivity contribution in [3.8, 4) is 5.75 Å². The Bertz CT molecular complexity index is 846. The highest BCUT2D eigenvalue weighted by Gasteiger charge is 2.22. The van der Waals surface area contributed by atoms with Crippen LogP contribution in [0.1, 0.15) is 50.3 Å². The Balaban J connectivity index is 1.40. The number of allylic oxidation sites excluding steroid dienone is 1. The van der Waals surface area contributed by atoms with Crippen LogP contribution in [0.25, 0.3) is 5.57 Å². The van der Waals surface area contributed by atoms with E-state index in [0.717, 1.165) is 31.7 Å². The minimum atomic E-state index is 0.109. The monoisotopic (exact) mass is 375 g/mol. The standard InChI is InChI=1S/C26H33NO/c1-20-23(18-27-14-7-15-27)11-10-22-16-24(12-13-25(20)22)28-19-26(2,3)17-21-8-5-4-6-9-21/h4-6,8-9,12-13,16H,7,10-11,14-15,17-19H2,1-3H3. The third-order valence-corrected chi connectivity index (χ3v) is 6.23. The highest BCUT2D eigenvalue weighted by molar-refractivity contribution is 5.72. The van der Waals surface area contributed by atoms with Crippen LogP contribution in [-0.2, 0) is 12.8 Å². The third kappa shape index (κ3) is 4.50. The molecule has 2 aliphatic rings. The molecule has 0 spiro atoms. The molecule has 0 bridgehead atoms. The van der Waals surface area contributed by atoms with Gasteiger partial charge in [-0.05, 0) is 80.1 Å². The van der Waals surface area contributed by atoms with Crippen LogP contribution in [0.4, 0.5) is 0 Å². The zero-order valence-corrected chi connectivity index (χ0v) is 17.6. The Hall–Kier alpha value is -2.06. The quantitative estimate of drug-likeness (QED) is 0.610. The van der Waals surface area contributed by atoms with Crippen LogP contribution < -0.4 is 4.74 Å². The van der Waals surface area contributed by atoms with Gasteiger partial charge in [0.1, 0.15) is 5.75 Å². The Kier molecular flexibility index (Phi) is 5.59. The lowest BCUT2D eigenvalue weighted by Gasteiger charge is -2.33. The number of likely N-dealkylation sites (tertiary alicyclic amines) is 1. The maximum Gasteiger partial charge on any atom is 0.119 e. The van der Waals surface area contributed by atoms with E-state index in [1.165, 1.54) is 48.2 Å². The number of nitrogens with zero attached hydrogens (tertiary/aromatic N) is 1. The normalized spacial score (nSPS) is 17.2. The molecule has 2 heteroatoms. The number of rotatable bonds is 7. The van der Waals surface area contributed by atoms with E-state index in [-0.39, 0.29) is 5.41 Å². The number of fused-ring (bicyclic) bond motifs is 1. The topological polar surface area (TPSA) is 12.5 Å². The fraction of sp³-hybridized carbons (Fsp3) is 0.462. The molecule has 0 radical (unpaired) electrons. The third-order valence-electron chi connectivity index (χ3n) is 6.23. The molecule has 2 aromatic rings. The van der Waals surface area contributed by atoms with Gasteiger partial charge < -0.3 is 4.74 Å². The molecule has 0 atom stereocenters. The molecule has 1 heterocycles. The molecule has 1 aliphatic heterocycles. The van der Waals surface area contributed by atoms with E-state index in [1.54, 1.807) is 5.57 Å². The predicted molar refractivity (Wildman–Crippen MR) is 118 cm³/mol. The second-order valence-electron chi connectivity index (χ2n) is 9.29. The summed E-state index contributed by atoms with van der Waals surface area (Å²) in [5.41, 5.74) is 7.48. The summed E-state index contributed by atoms with van der Waals surface area (Å²) in [6.07, 6.45) is 4.73. The summed E-state index contributed by atoms with van der Waals surface area (Å²) in [4.78, 5) is 2.57. The van der Waals surface area contributed by atoms with Crippen LogP contribution in [0.15, 0.2) is 54.1 Å². The van der Waals surface area contributed by atoms with Crippen LogP contribution in [0.5, 0.6) is 5.75 Å². The van der Waals surface area contributed by atoms with Crippen molar-refractivity contribution in [3.05, 3.63) is 70.8 Å². The van der Waals surface area contributed by atoms with Gasteiger partial charge in [0.15, 0.2) is 0 Å². The number of benzene rings is 2. The van der Waals surface area contributed by atoms with Crippen molar-refractivity contribution >= 4 is 5.57 Å². The molecule has 1 fully saturated rings. The molecule has 1 saturated heterocycles. The Morgan fingerprint density at radius 2 is 1.79 bits per heavy atom. The maximum atomic E-state index is 6.24. The van der Waals surface area contributed by atoms with E-state index in [9.17, 15) is 0 Å². The SMILES string of the molecule is CC1=C(CN2CCC2)CCc2cc(OCC(C)(C)Cc3ccccc3)ccc21. The van der Waals surface area contributed by atoms with Crippen LogP contribution in [0, 0.1) is 5.41 Å². The maximum absolute atomic E-state index is 6.24. The van der Waals surface area contributed by atoms with Gasteiger partial charge in [0.2, 0.25) is 0 Å². The average molecular weight is 376 g/mol. The number of hydrogen-bond donors (Lipinski definition) is 0. The summed E-state index contributed by atoms with van der Waals surface area (Å²) in [7, 11) is 0. The lowest BCUT2D eigenvalue weighted by atomic mass is 9.85. The largest absolute Gasteiger partial charge is 0.493 e. The van der Waals surface area contributed by atoms with Crippen LogP contribution in [-0.4, -0.2) is 31.1 Å². The molecule has 0 amide bonds. The summed E-state index contributed by atoms with van der Waals surface area (Å²) < 4.78 is 6.24. The first-order valence-electron chi connectivity index (χ1n) is 10.7. The van der Waals surface area contributed by atoms with Gasteiger partial charge in [0.05, 0.1) is 6.61 Å². The summed E-state index contributed by atoms with van der Waals surface area (Å²) in [6.45, 7) is 11.3. The molecular weight excluding hydrogens is 342 g/mol. The number of aryl methyl sites for hydroxylation is 1. The van der Waals surface area contributed by atoms with Gasteiger partial charge in [-0.15, -0.1) is 0 Å². The zero-order chi connectivity index (χ0) is 19.6. The average Bonchev–Trinajstić information content (AvgIpc) is 2.65. The highest BCUT2D eigenvalue weighted by atomic mass is 16.5. The molecule has 0 aromatic heterocycles. The first-order valence-corrected chi connectivity index (χ1v) is 10.7. The highest BCUT2D eigenvalue weighted by Crippen LogP contribution is 2.34. The first kappa shape index (κ1) is 19.3. The van der Waals surface area contributed by atoms with E-state index < -0.39 is 0 Å². The molecule has 4 rings (SSSR count). The summed E-state index contributed by atoms with van der Waals surface area (Å²) in [5, 5.41) is 0. The van der Waals surface area contributed by atoms with Gasteiger partial charge in [-0.1, -0.05) is 55.8 Å². The van der Waals surface area contributed by atoms with Gasteiger partial charge in [-0.25, -0.2) is 0 Å². The van der Waals surface area contributed by atoms with E-state index in [4.69, 9.17) is 4.74 Å². The molecular formula is C26H33NO. The first-order chi connectivity index (χ1) is 13.5. The molecule has 0 N–H and O–H groups in total. The molecule has 0 saturated carbocycles. The smallest absolute Gasteiger partial charge is 0.119 e. The van der Waals surface area contributed by atoms with Gasteiger partial charge >= 0.3 is 0 Å². The second-order valence-corrected chi connectivity index (χ2v) is 9.29. The number of hydrogen-bond acceptors (Lipinski definition) is 2. The zero-order valence-electron chi connectivity index (χ0n) is 17.6. The Morgan fingerprint density at radius 3 is 2.50 bits per heavy atom. The summed E-state index contributed by atoms with van der Waals surface area (Å²) in [6, 6.07) is 17.4. The van der Waals surface area contributed by atoms with Gasteiger partial charge in [-0.2, -0.15) is 0 Å². The van der Waals surface area contributed by atoms with E-state index in [0.29, 0.717) is 0 Å².